The van der Waals surface area contributed by atoms with Crippen molar-refractivity contribution in [3.63, 3.8) is 0 Å². The van der Waals surface area contributed by atoms with Gasteiger partial charge >= 0.3 is 0 Å². The quantitative estimate of drug-likeness (QED) is 0.608. The Morgan fingerprint density at radius 2 is 1.50 bits per heavy atom. The average molecular weight is 204 g/mol. The molecule has 0 saturated heterocycles. The standard InChI is InChI=1S/C13H16S/c1-10-2-4-11(5-3-10)12-6-8-13(14)9-7-12/h2,4,6,8,14H,3,5,7,9H2,1H3. The third-order valence-corrected chi connectivity index (χ3v) is 3.27. The van der Waals surface area contributed by atoms with Crippen molar-refractivity contribution in [3.05, 3.63) is 45.9 Å². The Bertz CT molecular complexity index is 317. The highest BCUT2D eigenvalue weighted by atomic mass is 32.1. The molecule has 14 heavy (non-hydrogen) atoms. The number of hydrogen-bond acceptors (Lipinski definition) is 1. The largest absolute Gasteiger partial charge is 0.148 e. The summed E-state index contributed by atoms with van der Waals surface area (Å²) in [5, 5.41) is 0. The minimum atomic E-state index is 1.11. The van der Waals surface area contributed by atoms with Gasteiger partial charge in [-0.1, -0.05) is 29.9 Å². The molecule has 0 amide bonds. The van der Waals surface area contributed by atoms with E-state index < -0.39 is 0 Å². The van der Waals surface area contributed by atoms with Crippen LogP contribution in [0.1, 0.15) is 32.6 Å². The van der Waals surface area contributed by atoms with Crippen LogP contribution in [0, 0.1) is 0 Å². The average Bonchev–Trinajstić information content (AvgIpc) is 2.21. The molecular weight excluding hydrogens is 188 g/mol. The molecule has 0 aliphatic heterocycles. The van der Waals surface area contributed by atoms with E-state index in [4.69, 9.17) is 0 Å². The number of hydrogen-bond donors (Lipinski definition) is 1. The van der Waals surface area contributed by atoms with Crippen LogP contribution in [0.3, 0.4) is 0 Å². The second-order valence-corrected chi connectivity index (χ2v) is 4.63. The first-order valence-corrected chi connectivity index (χ1v) is 5.66. The predicted octanol–water partition coefficient (Wildman–Crippen LogP) is 4.19. The Balaban J connectivity index is 2.17. The van der Waals surface area contributed by atoms with Crippen LogP contribution in [0.2, 0.25) is 0 Å². The SMILES string of the molecule is CC1=CC=C(C2=CC=C(S)CC2)CC1. The zero-order valence-electron chi connectivity index (χ0n) is 8.59. The first-order valence-electron chi connectivity index (χ1n) is 5.21. The smallest absolute Gasteiger partial charge is 0.0180 e. The molecule has 0 saturated carbocycles. The van der Waals surface area contributed by atoms with Gasteiger partial charge in [-0.2, -0.15) is 0 Å². The fraction of sp³-hybridized carbons (Fsp3) is 0.385. The van der Waals surface area contributed by atoms with Gasteiger partial charge in [0.2, 0.25) is 0 Å². The zero-order chi connectivity index (χ0) is 9.97. The Kier molecular flexibility index (Phi) is 2.97. The van der Waals surface area contributed by atoms with Gasteiger partial charge in [0, 0.05) is 0 Å². The van der Waals surface area contributed by atoms with Crippen LogP contribution in [0.15, 0.2) is 45.9 Å². The van der Waals surface area contributed by atoms with Crippen LogP contribution in [0.25, 0.3) is 0 Å². The van der Waals surface area contributed by atoms with Crippen molar-refractivity contribution < 1.29 is 0 Å². The molecule has 0 radical (unpaired) electrons. The highest BCUT2D eigenvalue weighted by Gasteiger charge is 2.10. The monoisotopic (exact) mass is 204 g/mol. The Morgan fingerprint density at radius 1 is 0.857 bits per heavy atom. The van der Waals surface area contributed by atoms with E-state index in [2.05, 4.69) is 43.9 Å². The zero-order valence-corrected chi connectivity index (χ0v) is 9.48. The molecule has 0 unspecified atom stereocenters. The van der Waals surface area contributed by atoms with Crippen molar-refractivity contribution in [2.45, 2.75) is 32.6 Å². The van der Waals surface area contributed by atoms with E-state index in [1.54, 1.807) is 0 Å². The molecule has 74 valence electrons. The summed E-state index contributed by atoms with van der Waals surface area (Å²) in [6.07, 6.45) is 13.6. The second-order valence-electron chi connectivity index (χ2n) is 4.05. The molecular formula is C13H16S. The van der Waals surface area contributed by atoms with Gasteiger partial charge < -0.3 is 0 Å². The lowest BCUT2D eigenvalue weighted by Crippen LogP contribution is -1.98. The molecule has 0 bridgehead atoms. The predicted molar refractivity (Wildman–Crippen MR) is 65.5 cm³/mol. The highest BCUT2D eigenvalue weighted by Crippen LogP contribution is 2.30. The fourth-order valence-corrected chi connectivity index (χ4v) is 2.09. The van der Waals surface area contributed by atoms with Gasteiger partial charge in [0.1, 0.15) is 0 Å². The van der Waals surface area contributed by atoms with Gasteiger partial charge in [0.05, 0.1) is 0 Å². The third kappa shape index (κ3) is 2.21. The van der Waals surface area contributed by atoms with Gasteiger partial charge in [-0.3, -0.25) is 0 Å². The minimum absolute atomic E-state index is 1.11. The van der Waals surface area contributed by atoms with E-state index in [1.807, 2.05) is 0 Å². The summed E-state index contributed by atoms with van der Waals surface area (Å²) in [6, 6.07) is 0. The van der Waals surface area contributed by atoms with Crippen LogP contribution in [0.5, 0.6) is 0 Å². The lowest BCUT2D eigenvalue weighted by atomic mass is 9.89. The topological polar surface area (TPSA) is 0 Å². The minimum Gasteiger partial charge on any atom is -0.148 e. The van der Waals surface area contributed by atoms with Gasteiger partial charge in [0.15, 0.2) is 0 Å². The van der Waals surface area contributed by atoms with Crippen LogP contribution in [0.4, 0.5) is 0 Å². The summed E-state index contributed by atoms with van der Waals surface area (Å²) in [6.45, 7) is 2.20. The molecule has 0 atom stereocenters. The molecule has 2 rings (SSSR count). The second kappa shape index (κ2) is 4.22. The number of allylic oxidation sites excluding steroid dienone is 8. The van der Waals surface area contributed by atoms with Crippen LogP contribution < -0.4 is 0 Å². The van der Waals surface area contributed by atoms with Crippen LogP contribution in [-0.4, -0.2) is 0 Å². The van der Waals surface area contributed by atoms with Gasteiger partial charge in [0.25, 0.3) is 0 Å². The van der Waals surface area contributed by atoms with E-state index in [1.165, 1.54) is 34.5 Å². The number of rotatable bonds is 1. The lowest BCUT2D eigenvalue weighted by molar-refractivity contribution is 0.867. The van der Waals surface area contributed by atoms with Gasteiger partial charge in [-0.05, 0) is 48.7 Å². The molecule has 0 fully saturated rings. The van der Waals surface area contributed by atoms with Crippen molar-refractivity contribution in [2.24, 2.45) is 0 Å². The molecule has 0 spiro atoms. The maximum absolute atomic E-state index is 4.37. The van der Waals surface area contributed by atoms with Crippen molar-refractivity contribution in [1.29, 1.82) is 0 Å². The molecule has 0 aromatic carbocycles. The van der Waals surface area contributed by atoms with Crippen molar-refractivity contribution in [1.82, 2.24) is 0 Å². The maximum atomic E-state index is 4.37. The van der Waals surface area contributed by atoms with Crippen molar-refractivity contribution in [3.8, 4) is 0 Å². The first kappa shape index (κ1) is 9.85. The normalized spacial score (nSPS) is 22.1. The van der Waals surface area contributed by atoms with E-state index in [-0.39, 0.29) is 0 Å². The fourth-order valence-electron chi connectivity index (χ4n) is 1.90. The van der Waals surface area contributed by atoms with Gasteiger partial charge in [-0.15, -0.1) is 12.6 Å². The molecule has 2 aliphatic carbocycles. The highest BCUT2D eigenvalue weighted by molar-refractivity contribution is 7.84. The van der Waals surface area contributed by atoms with Crippen molar-refractivity contribution >= 4 is 12.6 Å². The molecule has 0 aromatic heterocycles. The van der Waals surface area contributed by atoms with Gasteiger partial charge in [-0.25, -0.2) is 0 Å². The van der Waals surface area contributed by atoms with Crippen LogP contribution in [-0.2, 0) is 0 Å². The van der Waals surface area contributed by atoms with E-state index in [0.29, 0.717) is 0 Å². The van der Waals surface area contributed by atoms with Crippen LogP contribution >= 0.6 is 12.6 Å². The summed E-state index contributed by atoms with van der Waals surface area (Å²) in [7, 11) is 0. The molecule has 0 heterocycles. The number of thiol groups is 1. The summed E-state index contributed by atoms with van der Waals surface area (Å²) in [5.41, 5.74) is 4.52. The summed E-state index contributed by atoms with van der Waals surface area (Å²) in [4.78, 5) is 1.21. The van der Waals surface area contributed by atoms with Crippen molar-refractivity contribution in [2.75, 3.05) is 0 Å². The Morgan fingerprint density at radius 3 is 2.00 bits per heavy atom. The lowest BCUT2D eigenvalue weighted by Gasteiger charge is -2.17. The summed E-state index contributed by atoms with van der Waals surface area (Å²) < 4.78 is 0. The van der Waals surface area contributed by atoms with E-state index in [0.717, 1.165) is 12.8 Å². The molecule has 0 nitrogen and oxygen atoms in total. The van der Waals surface area contributed by atoms with E-state index >= 15 is 0 Å². The molecule has 1 heteroatoms. The maximum Gasteiger partial charge on any atom is -0.0180 e. The third-order valence-electron chi connectivity index (χ3n) is 2.90. The summed E-state index contributed by atoms with van der Waals surface area (Å²) in [5.74, 6) is 0. The van der Waals surface area contributed by atoms with E-state index in [9.17, 15) is 0 Å². The Hall–Kier alpha value is -0.690. The molecule has 2 aliphatic rings. The molecule has 0 aromatic rings. The first-order chi connectivity index (χ1) is 6.75. The summed E-state index contributed by atoms with van der Waals surface area (Å²) >= 11 is 4.37. The Labute approximate surface area is 91.5 Å². The molecule has 0 N–H and O–H groups in total.